The Morgan fingerprint density at radius 1 is 0.377 bits per heavy atom. The number of benzene rings is 2. The molecule has 0 atom stereocenters. The van der Waals surface area contributed by atoms with E-state index in [1.807, 2.05) is 12.1 Å². The summed E-state index contributed by atoms with van der Waals surface area (Å²) in [4.78, 5) is 47.5. The molecule has 0 aliphatic heterocycles. The topological polar surface area (TPSA) is 153 Å². The highest BCUT2D eigenvalue weighted by molar-refractivity contribution is 5.68. The molecule has 0 aliphatic rings. The van der Waals surface area contributed by atoms with E-state index in [0.717, 1.165) is 122 Å². The summed E-state index contributed by atoms with van der Waals surface area (Å²) in [6.45, 7) is 6.27. The molecule has 2 rings (SSSR count). The van der Waals surface area contributed by atoms with Crippen LogP contribution in [0.25, 0.3) is 0 Å². The maximum Gasteiger partial charge on any atom is 0.407 e. The van der Waals surface area contributed by atoms with Crippen LogP contribution in [0.1, 0.15) is 172 Å². The Bertz CT molecular complexity index is 1330. The van der Waals surface area contributed by atoms with Crippen LogP contribution in [0, 0.1) is 0 Å². The van der Waals surface area contributed by atoms with E-state index in [4.69, 9.17) is 18.9 Å². The Morgan fingerprint density at radius 3 is 0.984 bits per heavy atom. The van der Waals surface area contributed by atoms with E-state index in [-0.39, 0.29) is 30.3 Å². The van der Waals surface area contributed by atoms with Crippen molar-refractivity contribution >= 4 is 24.4 Å². The predicted molar refractivity (Wildman–Crippen MR) is 244 cm³/mol. The lowest BCUT2D eigenvalue weighted by Crippen LogP contribution is -2.26. The van der Waals surface area contributed by atoms with Gasteiger partial charge in [-0.1, -0.05) is 145 Å². The third-order valence-corrected chi connectivity index (χ3v) is 10.5. The molecular formula is C49H80N4O8. The van der Waals surface area contributed by atoms with E-state index in [1.165, 1.54) is 36.8 Å². The summed E-state index contributed by atoms with van der Waals surface area (Å²) in [5.41, 5.74) is 2.57. The van der Waals surface area contributed by atoms with Gasteiger partial charge in [-0.15, -0.1) is 0 Å². The van der Waals surface area contributed by atoms with Crippen molar-refractivity contribution in [1.82, 2.24) is 21.3 Å². The van der Waals surface area contributed by atoms with Crippen LogP contribution in [-0.4, -0.2) is 77.0 Å². The highest BCUT2D eigenvalue weighted by atomic mass is 16.6. The molecule has 2 aromatic rings. The summed E-state index contributed by atoms with van der Waals surface area (Å²) in [6.07, 6.45) is 21.9. The van der Waals surface area contributed by atoms with Gasteiger partial charge in [0.2, 0.25) is 0 Å². The average Bonchev–Trinajstić information content (AvgIpc) is 3.27. The van der Waals surface area contributed by atoms with E-state index >= 15 is 0 Å². The molecule has 12 nitrogen and oxygen atoms in total. The molecule has 61 heavy (non-hydrogen) atoms. The van der Waals surface area contributed by atoms with Crippen LogP contribution in [0.4, 0.5) is 19.2 Å². The standard InChI is InChI=1S/C49H80N4O8/c1-2-3-39-58-46(54)50-35-25-13-9-10-14-26-37-52-48(56)60-41-28-16-15-27-40-59-47(55)51-36-23-11-7-5-4-6-8-12-24-38-53-49(57)61-42-29-34-45(43-30-19-17-20-31-43)44-32-21-18-22-33-44/h17-22,30-33,45H,2-16,23-29,34-42H2,1H3,(H,50,54)(H,51,55)(H,52,56)(H,53,57). The Hall–Kier alpha value is -4.48. The lowest BCUT2D eigenvalue weighted by Gasteiger charge is -2.18. The highest BCUT2D eigenvalue weighted by Crippen LogP contribution is 2.29. The maximum absolute atomic E-state index is 12.2. The van der Waals surface area contributed by atoms with Gasteiger partial charge in [0.1, 0.15) is 0 Å². The highest BCUT2D eigenvalue weighted by Gasteiger charge is 2.14. The number of nitrogens with one attached hydrogen (secondary N) is 4. The van der Waals surface area contributed by atoms with Gasteiger partial charge in [-0.3, -0.25) is 0 Å². The largest absolute Gasteiger partial charge is 0.450 e. The Kier molecular flexibility index (Phi) is 33.2. The molecule has 0 aliphatic carbocycles. The van der Waals surface area contributed by atoms with E-state index < -0.39 is 0 Å². The lowest BCUT2D eigenvalue weighted by atomic mass is 9.88. The van der Waals surface area contributed by atoms with Crippen LogP contribution in [0.15, 0.2) is 60.7 Å². The van der Waals surface area contributed by atoms with Gasteiger partial charge in [0.25, 0.3) is 0 Å². The van der Waals surface area contributed by atoms with E-state index in [9.17, 15) is 19.2 Å². The number of unbranched alkanes of at least 4 members (excludes halogenated alkanes) is 17. The zero-order valence-corrected chi connectivity index (χ0v) is 37.5. The van der Waals surface area contributed by atoms with Crippen molar-refractivity contribution in [2.24, 2.45) is 0 Å². The molecule has 0 spiro atoms. The van der Waals surface area contributed by atoms with Crippen molar-refractivity contribution in [3.8, 4) is 0 Å². The molecule has 344 valence electrons. The van der Waals surface area contributed by atoms with Crippen molar-refractivity contribution in [2.75, 3.05) is 52.6 Å². The third kappa shape index (κ3) is 31.1. The fourth-order valence-electron chi connectivity index (χ4n) is 6.96. The second kappa shape index (κ2) is 38.4. The number of alkyl carbamates (subject to hydrolysis) is 4. The first-order chi connectivity index (χ1) is 30.0. The van der Waals surface area contributed by atoms with Gasteiger partial charge in [-0.2, -0.15) is 0 Å². The summed E-state index contributed by atoms with van der Waals surface area (Å²) >= 11 is 0. The Labute approximate surface area is 367 Å². The first-order valence-electron chi connectivity index (χ1n) is 23.7. The molecular weight excluding hydrogens is 773 g/mol. The van der Waals surface area contributed by atoms with Crippen LogP contribution in [0.3, 0.4) is 0 Å². The Morgan fingerprint density at radius 2 is 0.656 bits per heavy atom. The first-order valence-corrected chi connectivity index (χ1v) is 23.7. The van der Waals surface area contributed by atoms with E-state index in [2.05, 4.69) is 76.7 Å². The molecule has 0 saturated carbocycles. The van der Waals surface area contributed by atoms with Crippen molar-refractivity contribution < 1.29 is 38.1 Å². The van der Waals surface area contributed by atoms with Crippen LogP contribution in [0.5, 0.6) is 0 Å². The van der Waals surface area contributed by atoms with Gasteiger partial charge >= 0.3 is 24.4 Å². The molecule has 0 aromatic heterocycles. The summed E-state index contributed by atoms with van der Waals surface area (Å²) in [7, 11) is 0. The molecule has 0 unspecified atom stereocenters. The van der Waals surface area contributed by atoms with Crippen LogP contribution >= 0.6 is 0 Å². The van der Waals surface area contributed by atoms with E-state index in [0.29, 0.717) is 52.6 Å². The van der Waals surface area contributed by atoms with Crippen molar-refractivity contribution in [3.05, 3.63) is 71.8 Å². The second-order valence-electron chi connectivity index (χ2n) is 15.8. The van der Waals surface area contributed by atoms with Crippen LogP contribution in [0.2, 0.25) is 0 Å². The van der Waals surface area contributed by atoms with Gasteiger partial charge in [-0.05, 0) is 81.8 Å². The van der Waals surface area contributed by atoms with Crippen LogP contribution < -0.4 is 21.3 Å². The summed E-state index contributed by atoms with van der Waals surface area (Å²) in [5, 5.41) is 11.3. The fourth-order valence-corrected chi connectivity index (χ4v) is 6.96. The quantitative estimate of drug-likeness (QED) is 0.0387. The number of hydrogen-bond donors (Lipinski definition) is 4. The minimum absolute atomic E-state index is 0.290. The van der Waals surface area contributed by atoms with Gasteiger partial charge in [0.05, 0.1) is 26.4 Å². The molecule has 4 amide bonds. The van der Waals surface area contributed by atoms with Gasteiger partial charge in [-0.25, -0.2) is 19.2 Å². The zero-order chi connectivity index (χ0) is 43.7. The molecule has 2 aromatic carbocycles. The molecule has 0 bridgehead atoms. The lowest BCUT2D eigenvalue weighted by molar-refractivity contribution is 0.138. The minimum Gasteiger partial charge on any atom is -0.450 e. The van der Waals surface area contributed by atoms with Gasteiger partial charge in [0.15, 0.2) is 0 Å². The van der Waals surface area contributed by atoms with Crippen molar-refractivity contribution in [2.45, 2.75) is 161 Å². The smallest absolute Gasteiger partial charge is 0.407 e. The number of carbonyl (C=O) groups excluding carboxylic acids is 4. The summed E-state index contributed by atoms with van der Waals surface area (Å²) in [5.74, 6) is 0.290. The molecule has 0 radical (unpaired) electrons. The number of amides is 4. The van der Waals surface area contributed by atoms with Gasteiger partial charge < -0.3 is 40.2 Å². The van der Waals surface area contributed by atoms with E-state index in [1.54, 1.807) is 0 Å². The fraction of sp³-hybridized carbons (Fsp3) is 0.673. The number of carbonyl (C=O) groups is 4. The van der Waals surface area contributed by atoms with Crippen LogP contribution in [-0.2, 0) is 18.9 Å². The molecule has 0 fully saturated rings. The SMILES string of the molecule is CCCCOC(=O)NCCCCCCCCNC(=O)OCCCCCCOC(=O)NCCCCCCCCCCCNC(=O)OCCCC(c1ccccc1)c1ccccc1. The number of ether oxygens (including phenoxy) is 4. The van der Waals surface area contributed by atoms with Crippen molar-refractivity contribution in [1.29, 1.82) is 0 Å². The molecule has 12 heteroatoms. The monoisotopic (exact) mass is 853 g/mol. The molecule has 0 saturated heterocycles. The summed E-state index contributed by atoms with van der Waals surface area (Å²) < 4.78 is 21.0. The Balaban J connectivity index is 1.25. The zero-order valence-electron chi connectivity index (χ0n) is 37.5. The normalized spacial score (nSPS) is 10.9. The number of rotatable bonds is 37. The minimum atomic E-state index is -0.367. The maximum atomic E-state index is 12.2. The molecule has 4 N–H and O–H groups in total. The average molecular weight is 853 g/mol. The van der Waals surface area contributed by atoms with Gasteiger partial charge in [0, 0.05) is 32.1 Å². The molecule has 0 heterocycles. The summed E-state index contributed by atoms with van der Waals surface area (Å²) in [6, 6.07) is 21.0. The predicted octanol–water partition coefficient (Wildman–Crippen LogP) is 11.7. The second-order valence-corrected chi connectivity index (χ2v) is 15.8. The first kappa shape index (κ1) is 52.7. The van der Waals surface area contributed by atoms with Crippen molar-refractivity contribution in [3.63, 3.8) is 0 Å². The number of hydrogen-bond acceptors (Lipinski definition) is 8. The third-order valence-electron chi connectivity index (χ3n) is 10.5.